The lowest BCUT2D eigenvalue weighted by atomic mass is 9.96. The number of anilines is 1. The summed E-state index contributed by atoms with van der Waals surface area (Å²) in [5.74, 6) is -1.10. The Morgan fingerprint density at radius 3 is 2.76 bits per heavy atom. The number of carbonyl (C=O) groups excluding carboxylic acids is 2. The molecule has 7 nitrogen and oxygen atoms in total. The molecule has 25 heavy (non-hydrogen) atoms. The van der Waals surface area contributed by atoms with E-state index in [0.29, 0.717) is 5.56 Å². The fourth-order valence-electron chi connectivity index (χ4n) is 2.60. The van der Waals surface area contributed by atoms with Gasteiger partial charge in [0.15, 0.2) is 6.10 Å². The number of nitro benzene ring substituents is 1. The number of rotatable bonds is 3. The molecule has 2 aromatic rings. The second kappa shape index (κ2) is 6.52. The molecule has 0 aliphatic carbocycles. The van der Waals surface area contributed by atoms with Crippen molar-refractivity contribution in [3.05, 3.63) is 68.2 Å². The number of nitrogens with zero attached hydrogens (tertiary/aromatic N) is 1. The lowest BCUT2D eigenvalue weighted by Crippen LogP contribution is -2.38. The molecule has 3 rings (SSSR count). The fourth-order valence-corrected chi connectivity index (χ4v) is 2.83. The van der Waals surface area contributed by atoms with Crippen LogP contribution in [0.25, 0.3) is 0 Å². The van der Waals surface area contributed by atoms with E-state index in [-0.39, 0.29) is 22.8 Å². The zero-order valence-corrected chi connectivity index (χ0v) is 13.9. The zero-order valence-electron chi connectivity index (χ0n) is 13.1. The Kier molecular flexibility index (Phi) is 4.41. The average molecular weight is 361 g/mol. The molecule has 0 spiro atoms. The van der Waals surface area contributed by atoms with E-state index in [1.807, 2.05) is 13.0 Å². The smallest absolute Gasteiger partial charge is 0.339 e. The molecule has 0 aromatic heterocycles. The number of nitro groups is 1. The number of amides is 1. The van der Waals surface area contributed by atoms with Crippen molar-refractivity contribution in [3.63, 3.8) is 0 Å². The van der Waals surface area contributed by atoms with Gasteiger partial charge in [0.25, 0.3) is 11.6 Å². The molecule has 0 saturated carbocycles. The summed E-state index contributed by atoms with van der Waals surface area (Å²) in [5.41, 5.74) is 2.19. The molecule has 1 aliphatic heterocycles. The van der Waals surface area contributed by atoms with Gasteiger partial charge in [-0.1, -0.05) is 29.3 Å². The molecule has 1 aliphatic rings. The van der Waals surface area contributed by atoms with Gasteiger partial charge in [0.2, 0.25) is 0 Å². The lowest BCUT2D eigenvalue weighted by Gasteiger charge is -2.24. The van der Waals surface area contributed by atoms with Crippen LogP contribution in [-0.4, -0.2) is 22.9 Å². The Labute approximate surface area is 147 Å². The highest BCUT2D eigenvalue weighted by atomic mass is 35.5. The van der Waals surface area contributed by atoms with Crippen molar-refractivity contribution in [1.29, 1.82) is 0 Å². The largest absolute Gasteiger partial charge is 0.448 e. The Balaban J connectivity index is 1.78. The predicted octanol–water partition coefficient (Wildman–Crippen LogP) is 3.28. The number of cyclic esters (lactones) is 1. The number of hydrogen-bond donors (Lipinski definition) is 1. The number of carbonyl (C=O) groups is 2. The van der Waals surface area contributed by atoms with Crippen molar-refractivity contribution in [2.24, 2.45) is 0 Å². The first-order valence-corrected chi connectivity index (χ1v) is 7.78. The SMILES string of the molecule is Cc1ccc2c(c1)CC(C(=O)Nc1ccc([N+](=O)[O-])cc1Cl)OC2=O. The quantitative estimate of drug-likeness (QED) is 0.514. The van der Waals surface area contributed by atoms with E-state index in [1.165, 1.54) is 12.1 Å². The molecule has 1 atom stereocenters. The minimum absolute atomic E-state index is 0.0286. The maximum absolute atomic E-state index is 12.4. The number of nitrogens with one attached hydrogen (secondary N) is 1. The number of ether oxygens (including phenoxy) is 1. The van der Waals surface area contributed by atoms with Crippen molar-refractivity contribution < 1.29 is 19.2 Å². The first-order chi connectivity index (χ1) is 11.8. The monoisotopic (exact) mass is 360 g/mol. The van der Waals surface area contributed by atoms with Gasteiger partial charge in [-0.05, 0) is 24.6 Å². The second-order valence-corrected chi connectivity index (χ2v) is 6.08. The van der Waals surface area contributed by atoms with Crippen LogP contribution in [0.3, 0.4) is 0 Å². The van der Waals surface area contributed by atoms with Crippen LogP contribution in [0, 0.1) is 17.0 Å². The number of non-ortho nitro benzene ring substituents is 1. The van der Waals surface area contributed by atoms with Gasteiger partial charge in [-0.15, -0.1) is 0 Å². The Morgan fingerprint density at radius 2 is 2.08 bits per heavy atom. The van der Waals surface area contributed by atoms with Gasteiger partial charge in [-0.25, -0.2) is 4.79 Å². The van der Waals surface area contributed by atoms with Gasteiger partial charge in [-0.2, -0.15) is 0 Å². The van der Waals surface area contributed by atoms with E-state index in [9.17, 15) is 19.7 Å². The molecule has 0 saturated heterocycles. The highest BCUT2D eigenvalue weighted by molar-refractivity contribution is 6.34. The van der Waals surface area contributed by atoms with Gasteiger partial charge < -0.3 is 10.1 Å². The van der Waals surface area contributed by atoms with E-state index in [0.717, 1.165) is 17.2 Å². The Morgan fingerprint density at radius 1 is 1.32 bits per heavy atom. The highest BCUT2D eigenvalue weighted by Gasteiger charge is 2.31. The summed E-state index contributed by atoms with van der Waals surface area (Å²) in [6.07, 6.45) is -0.743. The van der Waals surface area contributed by atoms with E-state index in [1.54, 1.807) is 12.1 Å². The number of halogens is 1. The molecule has 1 amide bonds. The highest BCUT2D eigenvalue weighted by Crippen LogP contribution is 2.28. The molecular formula is C17H13ClN2O5. The molecule has 0 fully saturated rings. The molecular weight excluding hydrogens is 348 g/mol. The van der Waals surface area contributed by atoms with Crippen LogP contribution in [0.4, 0.5) is 11.4 Å². The molecule has 8 heteroatoms. The molecule has 128 valence electrons. The third-order valence-electron chi connectivity index (χ3n) is 3.85. The van der Waals surface area contributed by atoms with Crippen molar-refractivity contribution in [3.8, 4) is 0 Å². The van der Waals surface area contributed by atoms with Crippen LogP contribution in [0.15, 0.2) is 36.4 Å². The summed E-state index contributed by atoms with van der Waals surface area (Å²) < 4.78 is 5.19. The molecule has 2 aromatic carbocycles. The average Bonchev–Trinajstić information content (AvgIpc) is 2.55. The minimum atomic E-state index is -0.993. The third-order valence-corrected chi connectivity index (χ3v) is 4.16. The van der Waals surface area contributed by atoms with Gasteiger partial charge in [0, 0.05) is 18.6 Å². The number of hydrogen-bond acceptors (Lipinski definition) is 5. The molecule has 1 unspecified atom stereocenters. The number of fused-ring (bicyclic) bond motifs is 1. The minimum Gasteiger partial charge on any atom is -0.448 e. The van der Waals surface area contributed by atoms with Crippen LogP contribution in [0.5, 0.6) is 0 Å². The lowest BCUT2D eigenvalue weighted by molar-refractivity contribution is -0.384. The van der Waals surface area contributed by atoms with Crippen LogP contribution < -0.4 is 5.32 Å². The van der Waals surface area contributed by atoms with Crippen LogP contribution in [0.1, 0.15) is 21.5 Å². The van der Waals surface area contributed by atoms with Gasteiger partial charge >= 0.3 is 5.97 Å². The number of benzene rings is 2. The number of esters is 1. The Bertz CT molecular complexity index is 897. The van der Waals surface area contributed by atoms with Crippen molar-refractivity contribution in [1.82, 2.24) is 0 Å². The summed E-state index contributed by atoms with van der Waals surface area (Å²) >= 11 is 5.96. The van der Waals surface area contributed by atoms with E-state index >= 15 is 0 Å². The van der Waals surface area contributed by atoms with E-state index < -0.39 is 22.9 Å². The molecule has 0 radical (unpaired) electrons. The van der Waals surface area contributed by atoms with Crippen LogP contribution in [-0.2, 0) is 16.0 Å². The second-order valence-electron chi connectivity index (χ2n) is 5.67. The first-order valence-electron chi connectivity index (χ1n) is 7.40. The van der Waals surface area contributed by atoms with Crippen molar-refractivity contribution in [2.75, 3.05) is 5.32 Å². The maximum Gasteiger partial charge on any atom is 0.339 e. The normalized spacial score (nSPS) is 15.9. The van der Waals surface area contributed by atoms with Crippen LogP contribution in [0.2, 0.25) is 5.02 Å². The summed E-state index contributed by atoms with van der Waals surface area (Å²) in [7, 11) is 0. The van der Waals surface area contributed by atoms with E-state index in [4.69, 9.17) is 16.3 Å². The summed E-state index contributed by atoms with van der Waals surface area (Å²) in [6.45, 7) is 1.89. The number of aryl methyl sites for hydroxylation is 1. The molecule has 1 heterocycles. The van der Waals surface area contributed by atoms with Crippen LogP contribution >= 0.6 is 11.6 Å². The summed E-state index contributed by atoms with van der Waals surface area (Å²) in [6, 6.07) is 9.03. The molecule has 1 N–H and O–H groups in total. The first kappa shape index (κ1) is 16.9. The third kappa shape index (κ3) is 3.46. The summed E-state index contributed by atoms with van der Waals surface area (Å²) in [5, 5.41) is 13.3. The molecule has 0 bridgehead atoms. The van der Waals surface area contributed by atoms with Gasteiger partial charge in [-0.3, -0.25) is 14.9 Å². The standard InChI is InChI=1S/C17H13ClN2O5/c1-9-2-4-12-10(6-9)7-15(25-17(12)22)16(21)19-14-5-3-11(20(23)24)8-13(14)18/h2-6,8,15H,7H2,1H3,(H,19,21). The van der Waals surface area contributed by atoms with E-state index in [2.05, 4.69) is 5.32 Å². The van der Waals surface area contributed by atoms with Gasteiger partial charge in [0.05, 0.1) is 21.2 Å². The van der Waals surface area contributed by atoms with Crippen molar-refractivity contribution >= 4 is 34.9 Å². The van der Waals surface area contributed by atoms with Gasteiger partial charge in [0.1, 0.15) is 0 Å². The fraction of sp³-hybridized carbons (Fsp3) is 0.176. The summed E-state index contributed by atoms with van der Waals surface area (Å²) in [4.78, 5) is 34.6. The van der Waals surface area contributed by atoms with Crippen molar-refractivity contribution in [2.45, 2.75) is 19.4 Å². The maximum atomic E-state index is 12.4. The zero-order chi connectivity index (χ0) is 18.1. The topological polar surface area (TPSA) is 98.5 Å². The predicted molar refractivity (Wildman–Crippen MR) is 90.8 cm³/mol. The Hall–Kier alpha value is -2.93.